The van der Waals surface area contributed by atoms with Gasteiger partial charge >= 0.3 is 0 Å². The summed E-state index contributed by atoms with van der Waals surface area (Å²) >= 11 is 0. The monoisotopic (exact) mass is 313 g/mol. The van der Waals surface area contributed by atoms with Gasteiger partial charge in [-0.15, -0.1) is 0 Å². The van der Waals surface area contributed by atoms with Crippen LogP contribution >= 0.6 is 0 Å². The van der Waals surface area contributed by atoms with E-state index in [9.17, 15) is 13.5 Å². The fourth-order valence-corrected chi connectivity index (χ4v) is 3.91. The van der Waals surface area contributed by atoms with Crippen LogP contribution in [0.25, 0.3) is 0 Å². The van der Waals surface area contributed by atoms with Crippen molar-refractivity contribution in [2.24, 2.45) is 11.7 Å². The Kier molecular flexibility index (Phi) is 7.35. The van der Waals surface area contributed by atoms with E-state index in [0.29, 0.717) is 17.9 Å². The van der Waals surface area contributed by atoms with Crippen LogP contribution in [0.2, 0.25) is 0 Å². The summed E-state index contributed by atoms with van der Waals surface area (Å²) in [7, 11) is -3.19. The molecule has 3 N–H and O–H groups in total. The lowest BCUT2D eigenvalue weighted by molar-refractivity contribution is 0.214. The van der Waals surface area contributed by atoms with E-state index in [-0.39, 0.29) is 24.2 Å². The summed E-state index contributed by atoms with van der Waals surface area (Å²) in [6.07, 6.45) is 2.29. The molecule has 0 radical (unpaired) electrons. The Labute approximate surface area is 128 Å². The van der Waals surface area contributed by atoms with Gasteiger partial charge in [-0.2, -0.15) is 0 Å². The van der Waals surface area contributed by atoms with Crippen LogP contribution in [0.15, 0.2) is 29.2 Å². The van der Waals surface area contributed by atoms with E-state index in [2.05, 4.69) is 6.92 Å². The number of hydrogen-bond acceptors (Lipinski definition) is 4. The Morgan fingerprint density at radius 1 is 1.29 bits per heavy atom. The molecule has 0 aromatic heterocycles. The van der Waals surface area contributed by atoms with Crippen molar-refractivity contribution in [3.8, 4) is 0 Å². The minimum Gasteiger partial charge on any atom is -0.396 e. The highest BCUT2D eigenvalue weighted by Gasteiger charge is 2.18. The van der Waals surface area contributed by atoms with Crippen LogP contribution in [0, 0.1) is 5.92 Å². The predicted octanol–water partition coefficient (Wildman–Crippen LogP) is 2.32. The molecule has 0 saturated carbocycles. The maximum atomic E-state index is 12.2. The first-order valence-corrected chi connectivity index (χ1v) is 9.27. The van der Waals surface area contributed by atoms with Crippen LogP contribution < -0.4 is 5.73 Å². The first-order chi connectivity index (χ1) is 9.98. The minimum atomic E-state index is -3.19. The van der Waals surface area contributed by atoms with Crippen molar-refractivity contribution in [1.82, 2.24) is 0 Å². The fraction of sp³-hybridized carbons (Fsp3) is 0.625. The summed E-state index contributed by atoms with van der Waals surface area (Å²) in [4.78, 5) is 0.397. The average molecular weight is 313 g/mol. The first kappa shape index (κ1) is 18.1. The van der Waals surface area contributed by atoms with Crippen LogP contribution in [0.4, 0.5) is 0 Å². The number of sulfone groups is 1. The third-order valence-corrected chi connectivity index (χ3v) is 5.78. The van der Waals surface area contributed by atoms with E-state index in [0.717, 1.165) is 18.4 Å². The van der Waals surface area contributed by atoms with Gasteiger partial charge in [-0.05, 0) is 55.3 Å². The zero-order chi connectivity index (χ0) is 15.9. The molecule has 0 aliphatic rings. The molecule has 0 amide bonds. The molecular formula is C16H27NO3S. The largest absolute Gasteiger partial charge is 0.396 e. The maximum Gasteiger partial charge on any atom is 0.178 e. The molecule has 0 heterocycles. The quantitative estimate of drug-likeness (QED) is 0.733. The molecule has 4 nitrogen and oxygen atoms in total. The normalized spacial score (nSPS) is 14.9. The van der Waals surface area contributed by atoms with E-state index in [1.54, 1.807) is 18.2 Å². The van der Waals surface area contributed by atoms with Crippen LogP contribution in [0.1, 0.15) is 44.6 Å². The summed E-state index contributed by atoms with van der Waals surface area (Å²) in [5.41, 5.74) is 6.66. The predicted molar refractivity (Wildman–Crippen MR) is 86.1 cm³/mol. The molecule has 2 unspecified atom stereocenters. The molecular weight excluding hydrogens is 286 g/mol. The van der Waals surface area contributed by atoms with Crippen molar-refractivity contribution in [3.63, 3.8) is 0 Å². The molecule has 0 aliphatic carbocycles. The molecule has 0 bridgehead atoms. The lowest BCUT2D eigenvalue weighted by atomic mass is 9.87. The standard InChI is InChI=1S/C16H27NO3S/c1-3-8-21(19,20)16-7-5-6-15(10-16)14(4-2)9-13(11-17)12-18/h5-7,10,13-14,18H,3-4,8-9,11-12,17H2,1-2H3. The Bertz CT molecular complexity index is 524. The molecule has 0 spiro atoms. The SMILES string of the molecule is CCCS(=O)(=O)c1cccc(C(CC)CC(CN)CO)c1. The number of aliphatic hydroxyl groups excluding tert-OH is 1. The Morgan fingerprint density at radius 2 is 2.00 bits per heavy atom. The van der Waals surface area contributed by atoms with E-state index >= 15 is 0 Å². The van der Waals surface area contributed by atoms with Crippen LogP contribution in [-0.2, 0) is 9.84 Å². The van der Waals surface area contributed by atoms with Crippen molar-refractivity contribution in [1.29, 1.82) is 0 Å². The Morgan fingerprint density at radius 3 is 2.52 bits per heavy atom. The highest BCUT2D eigenvalue weighted by molar-refractivity contribution is 7.91. The number of hydrogen-bond donors (Lipinski definition) is 2. The van der Waals surface area contributed by atoms with Crippen molar-refractivity contribution in [3.05, 3.63) is 29.8 Å². The zero-order valence-electron chi connectivity index (χ0n) is 13.0. The van der Waals surface area contributed by atoms with Crippen LogP contribution in [0.5, 0.6) is 0 Å². The minimum absolute atomic E-state index is 0.0610. The second kappa shape index (κ2) is 8.51. The van der Waals surface area contributed by atoms with E-state index in [1.165, 1.54) is 0 Å². The number of benzene rings is 1. The summed E-state index contributed by atoms with van der Waals surface area (Å²) < 4.78 is 24.3. The van der Waals surface area contributed by atoms with Gasteiger partial charge in [-0.1, -0.05) is 26.0 Å². The fourth-order valence-electron chi connectivity index (χ4n) is 2.53. The molecule has 1 rings (SSSR count). The van der Waals surface area contributed by atoms with E-state index in [1.807, 2.05) is 13.0 Å². The second-order valence-corrected chi connectivity index (χ2v) is 7.63. The molecule has 0 aliphatic heterocycles. The van der Waals surface area contributed by atoms with Gasteiger partial charge in [0.1, 0.15) is 0 Å². The molecule has 1 aromatic carbocycles. The van der Waals surface area contributed by atoms with Crippen LogP contribution in [0.3, 0.4) is 0 Å². The lowest BCUT2D eigenvalue weighted by Gasteiger charge is -2.21. The maximum absolute atomic E-state index is 12.2. The van der Waals surface area contributed by atoms with Crippen LogP contribution in [-0.4, -0.2) is 32.4 Å². The summed E-state index contributed by atoms with van der Waals surface area (Å²) in [6, 6.07) is 7.21. The highest BCUT2D eigenvalue weighted by Crippen LogP contribution is 2.28. The van der Waals surface area contributed by atoms with Gasteiger partial charge in [0.15, 0.2) is 9.84 Å². The zero-order valence-corrected chi connectivity index (χ0v) is 13.8. The summed E-state index contributed by atoms with van der Waals surface area (Å²) in [6.45, 7) is 4.45. The third kappa shape index (κ3) is 5.09. The summed E-state index contributed by atoms with van der Waals surface area (Å²) in [5.74, 6) is 0.461. The molecule has 21 heavy (non-hydrogen) atoms. The first-order valence-electron chi connectivity index (χ1n) is 7.62. The third-order valence-electron chi connectivity index (χ3n) is 3.86. The Balaban J connectivity index is 3.01. The topological polar surface area (TPSA) is 80.4 Å². The smallest absolute Gasteiger partial charge is 0.178 e. The van der Waals surface area contributed by atoms with E-state index in [4.69, 9.17) is 5.73 Å². The second-order valence-electron chi connectivity index (χ2n) is 5.52. The van der Waals surface area contributed by atoms with Gasteiger partial charge in [0.2, 0.25) is 0 Å². The van der Waals surface area contributed by atoms with Crippen molar-refractivity contribution in [2.75, 3.05) is 18.9 Å². The average Bonchev–Trinajstić information content (AvgIpc) is 2.49. The van der Waals surface area contributed by atoms with Gasteiger partial charge in [-0.25, -0.2) is 8.42 Å². The lowest BCUT2D eigenvalue weighted by Crippen LogP contribution is -2.20. The molecule has 120 valence electrons. The van der Waals surface area contributed by atoms with Crippen molar-refractivity contribution < 1.29 is 13.5 Å². The van der Waals surface area contributed by atoms with Gasteiger partial charge in [-0.3, -0.25) is 0 Å². The molecule has 2 atom stereocenters. The summed E-state index contributed by atoms with van der Waals surface area (Å²) in [5, 5.41) is 9.30. The molecule has 0 fully saturated rings. The number of nitrogens with two attached hydrogens (primary N) is 1. The molecule has 0 saturated heterocycles. The van der Waals surface area contributed by atoms with Gasteiger partial charge in [0.05, 0.1) is 10.6 Å². The molecule has 1 aromatic rings. The van der Waals surface area contributed by atoms with Gasteiger partial charge < -0.3 is 10.8 Å². The Hall–Kier alpha value is -0.910. The molecule has 5 heteroatoms. The van der Waals surface area contributed by atoms with Gasteiger partial charge in [0, 0.05) is 6.61 Å². The van der Waals surface area contributed by atoms with Gasteiger partial charge in [0.25, 0.3) is 0 Å². The number of rotatable bonds is 9. The van der Waals surface area contributed by atoms with Crippen molar-refractivity contribution >= 4 is 9.84 Å². The van der Waals surface area contributed by atoms with E-state index < -0.39 is 9.84 Å². The highest BCUT2D eigenvalue weighted by atomic mass is 32.2. The van der Waals surface area contributed by atoms with Crippen molar-refractivity contribution in [2.45, 2.75) is 43.9 Å². The number of aliphatic hydroxyl groups is 1.